The molecule has 2 aliphatic rings. The fourth-order valence-corrected chi connectivity index (χ4v) is 3.19. The first-order chi connectivity index (χ1) is 7.70. The van der Waals surface area contributed by atoms with Crippen molar-refractivity contribution in [1.82, 2.24) is 5.32 Å². The second-order valence-electron chi connectivity index (χ2n) is 6.07. The summed E-state index contributed by atoms with van der Waals surface area (Å²) < 4.78 is 5.34. The molecule has 2 aliphatic carbocycles. The molecule has 2 saturated carbocycles. The van der Waals surface area contributed by atoms with E-state index in [4.69, 9.17) is 4.74 Å². The van der Waals surface area contributed by atoms with Gasteiger partial charge in [0.05, 0.1) is 6.61 Å². The van der Waals surface area contributed by atoms with Gasteiger partial charge in [-0.05, 0) is 49.9 Å². The van der Waals surface area contributed by atoms with Crippen LogP contribution in [0.2, 0.25) is 0 Å². The van der Waals surface area contributed by atoms with Crippen LogP contribution < -0.4 is 5.32 Å². The van der Waals surface area contributed by atoms with E-state index in [-0.39, 0.29) is 0 Å². The Morgan fingerprint density at radius 1 is 1.19 bits per heavy atom. The van der Waals surface area contributed by atoms with Crippen molar-refractivity contribution >= 4 is 0 Å². The highest BCUT2D eigenvalue weighted by Gasteiger charge is 2.34. The van der Waals surface area contributed by atoms with E-state index in [1.54, 1.807) is 0 Å². The first-order valence-corrected chi connectivity index (χ1v) is 6.95. The number of hydrogen-bond acceptors (Lipinski definition) is 2. The van der Waals surface area contributed by atoms with Crippen molar-refractivity contribution < 1.29 is 4.74 Å². The lowest BCUT2D eigenvalue weighted by Crippen LogP contribution is -2.47. The summed E-state index contributed by atoms with van der Waals surface area (Å²) in [7, 11) is 1.82. The molecule has 0 spiro atoms. The molecule has 94 valence electrons. The van der Waals surface area contributed by atoms with Gasteiger partial charge in [-0.2, -0.15) is 0 Å². The zero-order valence-electron chi connectivity index (χ0n) is 11.0. The highest BCUT2D eigenvalue weighted by Crippen LogP contribution is 2.35. The number of methoxy groups -OCH3 is 1. The molecule has 0 aliphatic heterocycles. The van der Waals surface area contributed by atoms with Gasteiger partial charge in [0, 0.05) is 19.2 Å². The lowest BCUT2D eigenvalue weighted by Gasteiger charge is -2.36. The molecule has 16 heavy (non-hydrogen) atoms. The molecular weight excluding hydrogens is 198 g/mol. The molecule has 4 unspecified atom stereocenters. The highest BCUT2D eigenvalue weighted by atomic mass is 16.5. The Labute approximate surface area is 100 Å². The predicted octanol–water partition coefficient (Wildman–Crippen LogP) is 2.83. The van der Waals surface area contributed by atoms with E-state index in [1.807, 2.05) is 7.11 Å². The maximum absolute atomic E-state index is 5.34. The molecule has 0 amide bonds. The molecule has 0 aromatic rings. The number of hydrogen-bond donors (Lipinski definition) is 1. The largest absolute Gasteiger partial charge is 0.383 e. The van der Waals surface area contributed by atoms with E-state index in [1.165, 1.54) is 32.1 Å². The number of rotatable bonds is 5. The van der Waals surface area contributed by atoms with Gasteiger partial charge in [-0.25, -0.2) is 0 Å². The minimum Gasteiger partial charge on any atom is -0.383 e. The molecule has 0 radical (unpaired) electrons. The molecule has 2 nitrogen and oxygen atoms in total. The van der Waals surface area contributed by atoms with E-state index in [2.05, 4.69) is 19.2 Å². The molecular formula is C14H27NO. The van der Waals surface area contributed by atoms with Crippen molar-refractivity contribution in [3.8, 4) is 0 Å². The Morgan fingerprint density at radius 3 is 2.50 bits per heavy atom. The van der Waals surface area contributed by atoms with Gasteiger partial charge in [-0.1, -0.05) is 13.8 Å². The third kappa shape index (κ3) is 3.21. The van der Waals surface area contributed by atoms with Crippen LogP contribution in [-0.4, -0.2) is 25.8 Å². The maximum atomic E-state index is 5.34. The molecule has 0 aromatic carbocycles. The molecule has 2 heteroatoms. The van der Waals surface area contributed by atoms with E-state index in [9.17, 15) is 0 Å². The van der Waals surface area contributed by atoms with Gasteiger partial charge < -0.3 is 10.1 Å². The van der Waals surface area contributed by atoms with Crippen LogP contribution in [0, 0.1) is 17.8 Å². The summed E-state index contributed by atoms with van der Waals surface area (Å²) in [6.07, 6.45) is 6.95. The Kier molecular flexibility index (Phi) is 4.26. The predicted molar refractivity (Wildman–Crippen MR) is 67.5 cm³/mol. The SMILES string of the molecule is COCC(NC1CCC(C)CC1C)C1CC1. The summed E-state index contributed by atoms with van der Waals surface area (Å²) in [5, 5.41) is 3.86. The molecule has 2 rings (SSSR count). The Balaban J connectivity index is 1.82. The lowest BCUT2D eigenvalue weighted by molar-refractivity contribution is 0.130. The number of ether oxygens (including phenoxy) is 1. The summed E-state index contributed by atoms with van der Waals surface area (Å²) in [4.78, 5) is 0. The van der Waals surface area contributed by atoms with Crippen LogP contribution in [0.25, 0.3) is 0 Å². The average molecular weight is 225 g/mol. The standard InChI is InChI=1S/C14H27NO/c1-10-4-7-13(11(2)8-10)15-14(9-16-3)12-5-6-12/h10-15H,4-9H2,1-3H3. The van der Waals surface area contributed by atoms with Crippen LogP contribution in [0.15, 0.2) is 0 Å². The van der Waals surface area contributed by atoms with E-state index in [0.717, 1.165) is 30.4 Å². The summed E-state index contributed by atoms with van der Waals surface area (Å²) in [6, 6.07) is 1.35. The van der Waals surface area contributed by atoms with Crippen LogP contribution in [0.3, 0.4) is 0 Å². The van der Waals surface area contributed by atoms with Crippen molar-refractivity contribution in [3.05, 3.63) is 0 Å². The van der Waals surface area contributed by atoms with Crippen LogP contribution in [0.1, 0.15) is 46.0 Å². The minimum absolute atomic E-state index is 0.617. The zero-order chi connectivity index (χ0) is 11.5. The van der Waals surface area contributed by atoms with E-state index in [0.29, 0.717) is 6.04 Å². The van der Waals surface area contributed by atoms with Gasteiger partial charge in [-0.15, -0.1) is 0 Å². The lowest BCUT2D eigenvalue weighted by atomic mass is 9.79. The van der Waals surface area contributed by atoms with Gasteiger partial charge >= 0.3 is 0 Å². The second kappa shape index (κ2) is 5.50. The van der Waals surface area contributed by atoms with Gasteiger partial charge in [0.15, 0.2) is 0 Å². The van der Waals surface area contributed by atoms with Gasteiger partial charge in [0.1, 0.15) is 0 Å². The Morgan fingerprint density at radius 2 is 1.94 bits per heavy atom. The van der Waals surface area contributed by atoms with Crippen LogP contribution in [-0.2, 0) is 4.74 Å². The van der Waals surface area contributed by atoms with Crippen molar-refractivity contribution in [3.63, 3.8) is 0 Å². The summed E-state index contributed by atoms with van der Waals surface area (Å²) in [6.45, 7) is 5.69. The summed E-state index contributed by atoms with van der Waals surface area (Å²) >= 11 is 0. The fourth-order valence-electron chi connectivity index (χ4n) is 3.19. The van der Waals surface area contributed by atoms with Crippen LogP contribution in [0.4, 0.5) is 0 Å². The van der Waals surface area contributed by atoms with E-state index >= 15 is 0 Å². The minimum atomic E-state index is 0.617. The van der Waals surface area contributed by atoms with Gasteiger partial charge in [-0.3, -0.25) is 0 Å². The van der Waals surface area contributed by atoms with Crippen molar-refractivity contribution in [2.75, 3.05) is 13.7 Å². The molecule has 1 N–H and O–H groups in total. The zero-order valence-corrected chi connectivity index (χ0v) is 11.0. The molecule has 4 atom stereocenters. The monoisotopic (exact) mass is 225 g/mol. The molecule has 0 heterocycles. The third-order valence-electron chi connectivity index (χ3n) is 4.40. The second-order valence-corrected chi connectivity index (χ2v) is 6.07. The Hall–Kier alpha value is -0.0800. The van der Waals surface area contributed by atoms with Crippen molar-refractivity contribution in [2.45, 2.75) is 58.0 Å². The van der Waals surface area contributed by atoms with Crippen molar-refractivity contribution in [2.24, 2.45) is 17.8 Å². The molecule has 0 saturated heterocycles. The summed E-state index contributed by atoms with van der Waals surface area (Å²) in [5.41, 5.74) is 0. The average Bonchev–Trinajstić information content (AvgIpc) is 3.04. The highest BCUT2D eigenvalue weighted by molar-refractivity contribution is 4.91. The normalized spacial score (nSPS) is 37.3. The third-order valence-corrected chi connectivity index (χ3v) is 4.40. The first-order valence-electron chi connectivity index (χ1n) is 6.95. The Bertz CT molecular complexity index is 215. The van der Waals surface area contributed by atoms with Crippen LogP contribution >= 0.6 is 0 Å². The van der Waals surface area contributed by atoms with Crippen LogP contribution in [0.5, 0.6) is 0 Å². The molecule has 0 bridgehead atoms. The molecule has 0 aromatic heterocycles. The number of nitrogens with one attached hydrogen (secondary N) is 1. The first kappa shape index (κ1) is 12.4. The topological polar surface area (TPSA) is 21.3 Å². The smallest absolute Gasteiger partial charge is 0.0618 e. The fraction of sp³-hybridized carbons (Fsp3) is 1.00. The maximum Gasteiger partial charge on any atom is 0.0618 e. The van der Waals surface area contributed by atoms with Gasteiger partial charge in [0.2, 0.25) is 0 Å². The molecule has 2 fully saturated rings. The quantitative estimate of drug-likeness (QED) is 0.777. The van der Waals surface area contributed by atoms with Gasteiger partial charge in [0.25, 0.3) is 0 Å². The van der Waals surface area contributed by atoms with Crippen molar-refractivity contribution in [1.29, 1.82) is 0 Å². The van der Waals surface area contributed by atoms with E-state index < -0.39 is 0 Å². The summed E-state index contributed by atoms with van der Waals surface area (Å²) in [5.74, 6) is 2.66.